The average molecular weight is 319 g/mol. The van der Waals surface area contributed by atoms with E-state index < -0.39 is 0 Å². The van der Waals surface area contributed by atoms with Gasteiger partial charge in [-0.2, -0.15) is 0 Å². The third-order valence-corrected chi connectivity index (χ3v) is 4.45. The summed E-state index contributed by atoms with van der Waals surface area (Å²) in [6, 6.07) is 8.38. The number of aliphatic hydroxyl groups excluding tert-OH is 1. The molecular formula is C18H29N3O2. The molecule has 1 saturated carbocycles. The van der Waals surface area contributed by atoms with Crippen molar-refractivity contribution in [2.75, 3.05) is 16.8 Å². The Kier molecular flexibility index (Phi) is 6.28. The van der Waals surface area contributed by atoms with Crippen molar-refractivity contribution in [1.29, 1.82) is 0 Å². The zero-order chi connectivity index (χ0) is 16.8. The quantitative estimate of drug-likeness (QED) is 0.780. The Balaban J connectivity index is 1.86. The lowest BCUT2D eigenvalue weighted by Gasteiger charge is -2.28. The van der Waals surface area contributed by atoms with E-state index in [1.54, 1.807) is 0 Å². The van der Waals surface area contributed by atoms with Crippen LogP contribution in [0.5, 0.6) is 0 Å². The molecule has 0 heterocycles. The predicted octanol–water partition coefficient (Wildman–Crippen LogP) is 3.35. The van der Waals surface area contributed by atoms with Crippen molar-refractivity contribution in [1.82, 2.24) is 5.32 Å². The molecule has 128 valence electrons. The molecular weight excluding hydrogens is 290 g/mol. The number of amides is 2. The number of nitrogens with one attached hydrogen (secondary N) is 2. The van der Waals surface area contributed by atoms with Gasteiger partial charge in [-0.25, -0.2) is 4.79 Å². The molecule has 0 unspecified atom stereocenters. The van der Waals surface area contributed by atoms with Crippen LogP contribution in [0.25, 0.3) is 0 Å². The highest BCUT2D eigenvalue weighted by Crippen LogP contribution is 2.21. The molecule has 5 nitrogen and oxygen atoms in total. The van der Waals surface area contributed by atoms with Gasteiger partial charge in [-0.15, -0.1) is 0 Å². The zero-order valence-electron chi connectivity index (χ0n) is 14.4. The lowest BCUT2D eigenvalue weighted by Crippen LogP contribution is -2.40. The van der Waals surface area contributed by atoms with Crippen molar-refractivity contribution >= 4 is 17.4 Å². The van der Waals surface area contributed by atoms with Crippen molar-refractivity contribution in [3.05, 3.63) is 24.3 Å². The maximum atomic E-state index is 12.1. The van der Waals surface area contributed by atoms with E-state index in [1.165, 1.54) is 0 Å². The van der Waals surface area contributed by atoms with Crippen molar-refractivity contribution < 1.29 is 9.90 Å². The summed E-state index contributed by atoms with van der Waals surface area (Å²) in [5, 5.41) is 15.4. The number of anilines is 2. The summed E-state index contributed by atoms with van der Waals surface area (Å²) in [7, 11) is 0. The Morgan fingerprint density at radius 2 is 1.83 bits per heavy atom. The molecule has 1 fully saturated rings. The Labute approximate surface area is 139 Å². The minimum Gasteiger partial charge on any atom is -0.393 e. The summed E-state index contributed by atoms with van der Waals surface area (Å²) in [4.78, 5) is 14.4. The number of benzene rings is 1. The highest BCUT2D eigenvalue weighted by atomic mass is 16.3. The molecule has 0 atom stereocenters. The number of carbonyl (C=O) groups is 1. The highest BCUT2D eigenvalue weighted by molar-refractivity contribution is 5.89. The van der Waals surface area contributed by atoms with E-state index in [9.17, 15) is 9.90 Å². The molecule has 0 bridgehead atoms. The molecule has 1 aromatic carbocycles. The fraction of sp³-hybridized carbons (Fsp3) is 0.611. The van der Waals surface area contributed by atoms with Crippen molar-refractivity contribution in [3.63, 3.8) is 0 Å². The van der Waals surface area contributed by atoms with E-state index in [0.29, 0.717) is 6.04 Å². The van der Waals surface area contributed by atoms with Gasteiger partial charge in [0, 0.05) is 30.0 Å². The van der Waals surface area contributed by atoms with Crippen LogP contribution in [0.15, 0.2) is 24.3 Å². The Bertz CT molecular complexity index is 493. The van der Waals surface area contributed by atoms with Gasteiger partial charge >= 0.3 is 6.03 Å². The Morgan fingerprint density at radius 1 is 1.22 bits per heavy atom. The van der Waals surface area contributed by atoms with Crippen LogP contribution in [0.1, 0.15) is 46.5 Å². The highest BCUT2D eigenvalue weighted by Gasteiger charge is 2.20. The molecule has 23 heavy (non-hydrogen) atoms. The molecule has 1 aromatic rings. The molecule has 1 aliphatic rings. The van der Waals surface area contributed by atoms with Crippen molar-refractivity contribution in [3.8, 4) is 0 Å². The fourth-order valence-corrected chi connectivity index (χ4v) is 3.15. The standard InChI is InChI=1S/C18H29N3O2/c1-4-21(13(2)3)16-9-5-14(6-10-16)19-18(23)20-15-7-11-17(22)12-8-15/h5-6,9-10,13,15,17,22H,4,7-8,11-12H2,1-3H3,(H2,19,20,23). The topological polar surface area (TPSA) is 64.6 Å². The van der Waals surface area contributed by atoms with Crippen LogP contribution < -0.4 is 15.5 Å². The number of hydrogen-bond acceptors (Lipinski definition) is 3. The third kappa shape index (κ3) is 5.13. The molecule has 1 aliphatic carbocycles. The summed E-state index contributed by atoms with van der Waals surface area (Å²) in [6.45, 7) is 7.44. The predicted molar refractivity (Wildman–Crippen MR) is 95.0 cm³/mol. The van der Waals surface area contributed by atoms with Crippen molar-refractivity contribution in [2.24, 2.45) is 0 Å². The number of aliphatic hydroxyl groups is 1. The first-order chi connectivity index (χ1) is 11.0. The first-order valence-corrected chi connectivity index (χ1v) is 8.62. The maximum Gasteiger partial charge on any atom is 0.319 e. The minimum atomic E-state index is -0.203. The van der Waals surface area contributed by atoms with Crippen molar-refractivity contribution in [2.45, 2.75) is 64.6 Å². The number of carbonyl (C=O) groups excluding carboxylic acids is 1. The average Bonchev–Trinajstić information content (AvgIpc) is 2.51. The Morgan fingerprint density at radius 3 is 2.35 bits per heavy atom. The van der Waals surface area contributed by atoms with Crippen LogP contribution >= 0.6 is 0 Å². The normalized spacial score (nSPS) is 21.1. The van der Waals surface area contributed by atoms with Crippen LogP contribution in [0, 0.1) is 0 Å². The largest absolute Gasteiger partial charge is 0.393 e. The lowest BCUT2D eigenvalue weighted by molar-refractivity contribution is 0.118. The molecule has 5 heteroatoms. The van der Waals surface area contributed by atoms with E-state index >= 15 is 0 Å². The zero-order valence-corrected chi connectivity index (χ0v) is 14.4. The summed E-state index contributed by atoms with van der Waals surface area (Å²) in [5.41, 5.74) is 1.96. The van der Waals surface area contributed by atoms with Crippen LogP contribution in [0.3, 0.4) is 0 Å². The first-order valence-electron chi connectivity index (χ1n) is 8.62. The number of nitrogens with zero attached hydrogens (tertiary/aromatic N) is 1. The first kappa shape index (κ1) is 17.6. The van der Waals surface area contributed by atoms with Gasteiger partial charge in [0.25, 0.3) is 0 Å². The van der Waals surface area contributed by atoms with Gasteiger partial charge in [0.2, 0.25) is 0 Å². The van der Waals surface area contributed by atoms with Gasteiger partial charge in [-0.3, -0.25) is 0 Å². The second-order valence-electron chi connectivity index (χ2n) is 6.53. The molecule has 0 radical (unpaired) electrons. The molecule has 2 amide bonds. The molecule has 0 aliphatic heterocycles. The summed E-state index contributed by atoms with van der Waals surface area (Å²) in [5.74, 6) is 0. The minimum absolute atomic E-state index is 0.161. The summed E-state index contributed by atoms with van der Waals surface area (Å²) >= 11 is 0. The van der Waals surface area contributed by atoms with Crippen LogP contribution in [0.2, 0.25) is 0 Å². The third-order valence-electron chi connectivity index (χ3n) is 4.45. The van der Waals surface area contributed by atoms with Gasteiger partial charge in [0.1, 0.15) is 0 Å². The smallest absolute Gasteiger partial charge is 0.319 e. The fourth-order valence-electron chi connectivity index (χ4n) is 3.15. The summed E-state index contributed by atoms with van der Waals surface area (Å²) < 4.78 is 0. The molecule has 3 N–H and O–H groups in total. The van der Waals surface area contributed by atoms with Gasteiger partial charge in [0.05, 0.1) is 6.10 Å². The van der Waals surface area contributed by atoms with E-state index in [2.05, 4.69) is 36.3 Å². The molecule has 0 spiro atoms. The second kappa shape index (κ2) is 8.20. The van der Waals surface area contributed by atoms with E-state index in [-0.39, 0.29) is 18.2 Å². The van der Waals surface area contributed by atoms with Crippen LogP contribution in [0.4, 0.5) is 16.2 Å². The second-order valence-corrected chi connectivity index (χ2v) is 6.53. The van der Waals surface area contributed by atoms with Crippen LogP contribution in [-0.2, 0) is 0 Å². The number of rotatable bonds is 5. The molecule has 0 aromatic heterocycles. The van der Waals surface area contributed by atoms with Gasteiger partial charge < -0.3 is 20.6 Å². The lowest BCUT2D eigenvalue weighted by atomic mass is 9.93. The maximum absolute atomic E-state index is 12.1. The number of hydrogen-bond donors (Lipinski definition) is 3. The van der Waals surface area contributed by atoms with Gasteiger partial charge in [-0.1, -0.05) is 0 Å². The van der Waals surface area contributed by atoms with E-state index in [4.69, 9.17) is 0 Å². The Hall–Kier alpha value is -1.75. The number of urea groups is 1. The molecule has 0 saturated heterocycles. The van der Waals surface area contributed by atoms with Gasteiger partial charge in [-0.05, 0) is 70.7 Å². The monoisotopic (exact) mass is 319 g/mol. The van der Waals surface area contributed by atoms with Crippen LogP contribution in [-0.4, -0.2) is 35.9 Å². The SMILES string of the molecule is CCN(c1ccc(NC(=O)NC2CCC(O)CC2)cc1)C(C)C. The summed E-state index contributed by atoms with van der Waals surface area (Å²) in [6.07, 6.45) is 3.01. The van der Waals surface area contributed by atoms with E-state index in [0.717, 1.165) is 43.6 Å². The molecule has 2 rings (SSSR count). The van der Waals surface area contributed by atoms with E-state index in [1.807, 2.05) is 24.3 Å². The van der Waals surface area contributed by atoms with Gasteiger partial charge in [0.15, 0.2) is 0 Å².